The van der Waals surface area contributed by atoms with Gasteiger partial charge in [-0.3, -0.25) is 9.59 Å². The molecular formula is C28H26N8O4S. The molecule has 1 aliphatic heterocycles. The highest BCUT2D eigenvalue weighted by Gasteiger charge is 2.34. The summed E-state index contributed by atoms with van der Waals surface area (Å²) in [5.41, 5.74) is 0.994. The van der Waals surface area contributed by atoms with Gasteiger partial charge in [-0.25, -0.2) is 19.7 Å². The van der Waals surface area contributed by atoms with E-state index in [4.69, 9.17) is 4.74 Å². The van der Waals surface area contributed by atoms with Crippen molar-refractivity contribution in [3.8, 4) is 11.6 Å². The number of aromatic nitrogens is 4. The number of hydrogen-bond acceptors (Lipinski definition) is 9. The van der Waals surface area contributed by atoms with Crippen LogP contribution in [0.25, 0.3) is 10.2 Å². The second-order valence-electron chi connectivity index (χ2n) is 9.67. The van der Waals surface area contributed by atoms with Crippen LogP contribution in [-0.2, 0) is 4.79 Å². The van der Waals surface area contributed by atoms with Gasteiger partial charge in [0.2, 0.25) is 11.8 Å². The summed E-state index contributed by atoms with van der Waals surface area (Å²) in [6, 6.07) is 7.97. The molecule has 0 saturated heterocycles. The maximum Gasteiger partial charge on any atom is 0.332 e. The molecule has 4 aromatic rings. The smallest absolute Gasteiger partial charge is 0.332 e. The Morgan fingerprint density at radius 1 is 1.17 bits per heavy atom. The maximum absolute atomic E-state index is 13.4. The molecule has 1 saturated carbocycles. The molecule has 1 fully saturated rings. The number of ether oxygens (including phenoxy) is 1. The minimum absolute atomic E-state index is 0.0262. The van der Waals surface area contributed by atoms with E-state index in [9.17, 15) is 14.4 Å². The van der Waals surface area contributed by atoms with E-state index in [0.29, 0.717) is 50.5 Å². The molecule has 2 aliphatic rings. The first kappa shape index (κ1) is 26.3. The van der Waals surface area contributed by atoms with Gasteiger partial charge in [0, 0.05) is 31.0 Å². The third-order valence-corrected chi connectivity index (χ3v) is 8.22. The molecule has 4 aromatic heterocycles. The highest BCUT2D eigenvalue weighted by atomic mass is 32.1. The van der Waals surface area contributed by atoms with Crippen LogP contribution in [0.1, 0.15) is 35.4 Å². The Hall–Kier alpha value is -4.91. The predicted octanol–water partition coefficient (Wildman–Crippen LogP) is 4.55. The zero-order valence-electron chi connectivity index (χ0n) is 21.9. The molecule has 4 amide bonds. The van der Waals surface area contributed by atoms with Crippen molar-refractivity contribution in [3.63, 3.8) is 0 Å². The van der Waals surface area contributed by atoms with E-state index in [2.05, 4.69) is 42.7 Å². The van der Waals surface area contributed by atoms with Crippen LogP contribution in [0.3, 0.4) is 0 Å². The second-order valence-corrected chi connectivity index (χ2v) is 10.7. The number of hydrogen-bond donors (Lipinski definition) is 3. The molecule has 13 heteroatoms. The van der Waals surface area contributed by atoms with Crippen molar-refractivity contribution >= 4 is 56.6 Å². The van der Waals surface area contributed by atoms with Crippen LogP contribution in [0, 0.1) is 5.92 Å². The number of anilines is 3. The molecule has 0 radical (unpaired) electrons. The number of carbonyl (C=O) groups excluding carboxylic acids is 3. The number of urea groups is 1. The van der Waals surface area contributed by atoms with Crippen molar-refractivity contribution in [2.45, 2.75) is 31.7 Å². The molecule has 208 valence electrons. The summed E-state index contributed by atoms with van der Waals surface area (Å²) in [7, 11) is 0. The fraction of sp³-hybridized carbons (Fsp3) is 0.250. The summed E-state index contributed by atoms with van der Waals surface area (Å²) in [5.74, 6) is 0.719. The SMILES string of the molecule is C=CC(=O)N[C@@H]1CCCCC1CNC(=O)c1sc2nccc3c2c1NC(=O)N3c1ccc(Oc2cccnn2)cn1. The second kappa shape index (κ2) is 11.3. The molecule has 6 rings (SSSR count). The summed E-state index contributed by atoms with van der Waals surface area (Å²) in [6.07, 6.45) is 9.72. The Morgan fingerprint density at radius 3 is 2.83 bits per heavy atom. The molecule has 0 bridgehead atoms. The number of nitrogens with zero attached hydrogens (tertiary/aromatic N) is 5. The Kier molecular flexibility index (Phi) is 7.25. The van der Waals surface area contributed by atoms with Gasteiger partial charge in [0.15, 0.2) is 0 Å². The first-order chi connectivity index (χ1) is 20.0. The van der Waals surface area contributed by atoms with E-state index in [-0.39, 0.29) is 23.8 Å². The minimum atomic E-state index is -0.452. The third kappa shape index (κ3) is 5.31. The van der Waals surface area contributed by atoms with Gasteiger partial charge in [-0.15, -0.1) is 16.4 Å². The topological polar surface area (TPSA) is 151 Å². The molecule has 5 heterocycles. The number of pyridine rings is 2. The number of amides is 4. The van der Waals surface area contributed by atoms with Crippen LogP contribution in [0.15, 0.2) is 61.6 Å². The number of nitrogens with one attached hydrogen (secondary N) is 3. The molecule has 1 aliphatic carbocycles. The van der Waals surface area contributed by atoms with Gasteiger partial charge >= 0.3 is 6.03 Å². The molecule has 3 N–H and O–H groups in total. The van der Waals surface area contributed by atoms with Gasteiger partial charge in [-0.2, -0.15) is 5.10 Å². The Balaban J connectivity index is 1.22. The van der Waals surface area contributed by atoms with E-state index < -0.39 is 6.03 Å². The monoisotopic (exact) mass is 570 g/mol. The van der Waals surface area contributed by atoms with Crippen LogP contribution in [0.2, 0.25) is 0 Å². The first-order valence-electron chi connectivity index (χ1n) is 13.2. The normalized spacial score (nSPS) is 18.0. The van der Waals surface area contributed by atoms with Crippen LogP contribution in [-0.4, -0.2) is 50.6 Å². The van der Waals surface area contributed by atoms with Gasteiger partial charge in [0.05, 0.1) is 23.0 Å². The van der Waals surface area contributed by atoms with Crippen LogP contribution in [0.4, 0.5) is 22.0 Å². The zero-order valence-corrected chi connectivity index (χ0v) is 22.7. The Bertz CT molecular complexity index is 1630. The fourth-order valence-electron chi connectivity index (χ4n) is 5.19. The largest absolute Gasteiger partial charge is 0.436 e. The van der Waals surface area contributed by atoms with Gasteiger partial charge in [0.1, 0.15) is 21.3 Å². The molecule has 0 aromatic carbocycles. The van der Waals surface area contributed by atoms with Gasteiger partial charge in [-0.05, 0) is 49.1 Å². The van der Waals surface area contributed by atoms with Crippen molar-refractivity contribution in [2.24, 2.45) is 5.92 Å². The molecule has 12 nitrogen and oxygen atoms in total. The van der Waals surface area contributed by atoms with Crippen LogP contribution in [0.5, 0.6) is 11.6 Å². The lowest BCUT2D eigenvalue weighted by molar-refractivity contribution is -0.117. The van der Waals surface area contributed by atoms with E-state index >= 15 is 0 Å². The van der Waals surface area contributed by atoms with Crippen molar-refractivity contribution in [1.29, 1.82) is 0 Å². The standard InChI is InChI=1S/C28H26N8O4S/c1-2-21(37)33-18-7-4-3-6-16(18)14-31-26(38)25-24-23-19(11-13-29-27(23)41-25)36(28(39)34-24)20-10-9-17(15-30-20)40-22-8-5-12-32-35-22/h2,5,8-13,15-16,18H,1,3-4,6-7,14H2,(H,31,38)(H,33,37)(H,34,39)/t16?,18-/m1/s1. The minimum Gasteiger partial charge on any atom is -0.436 e. The van der Waals surface area contributed by atoms with Crippen LogP contribution < -0.4 is 25.6 Å². The molecule has 41 heavy (non-hydrogen) atoms. The molecular weight excluding hydrogens is 544 g/mol. The van der Waals surface area contributed by atoms with E-state index in [1.165, 1.54) is 28.5 Å². The lowest BCUT2D eigenvalue weighted by atomic mass is 9.84. The highest BCUT2D eigenvalue weighted by Crippen LogP contribution is 2.45. The molecule has 0 spiro atoms. The van der Waals surface area contributed by atoms with E-state index in [1.807, 2.05) is 0 Å². The van der Waals surface area contributed by atoms with Crippen molar-refractivity contribution in [3.05, 3.63) is 66.5 Å². The average molecular weight is 571 g/mol. The Labute approximate surface area is 238 Å². The van der Waals surface area contributed by atoms with Crippen molar-refractivity contribution in [1.82, 2.24) is 30.8 Å². The van der Waals surface area contributed by atoms with E-state index in [0.717, 1.165) is 25.7 Å². The number of thiophene rings is 1. The van der Waals surface area contributed by atoms with Gasteiger partial charge in [0.25, 0.3) is 5.91 Å². The molecule has 2 atom stereocenters. The zero-order chi connectivity index (χ0) is 28.3. The van der Waals surface area contributed by atoms with E-state index in [1.54, 1.807) is 42.7 Å². The van der Waals surface area contributed by atoms with Crippen molar-refractivity contribution in [2.75, 3.05) is 16.8 Å². The lowest BCUT2D eigenvalue weighted by Gasteiger charge is -2.32. The quantitative estimate of drug-likeness (QED) is 0.261. The number of rotatable bonds is 8. The summed E-state index contributed by atoms with van der Waals surface area (Å²) in [6.45, 7) is 3.93. The third-order valence-electron chi connectivity index (χ3n) is 7.12. The van der Waals surface area contributed by atoms with Gasteiger partial charge in [-0.1, -0.05) is 19.4 Å². The number of carbonyl (C=O) groups is 3. The molecule has 1 unspecified atom stereocenters. The maximum atomic E-state index is 13.4. The predicted molar refractivity (Wildman–Crippen MR) is 154 cm³/mol. The van der Waals surface area contributed by atoms with Crippen LogP contribution >= 0.6 is 11.3 Å². The van der Waals surface area contributed by atoms with Gasteiger partial charge < -0.3 is 20.7 Å². The lowest BCUT2D eigenvalue weighted by Crippen LogP contribution is -2.46. The highest BCUT2D eigenvalue weighted by molar-refractivity contribution is 7.21. The fourth-order valence-corrected chi connectivity index (χ4v) is 6.22. The summed E-state index contributed by atoms with van der Waals surface area (Å²) >= 11 is 1.21. The average Bonchev–Trinajstić information content (AvgIpc) is 3.37. The summed E-state index contributed by atoms with van der Waals surface area (Å²) < 4.78 is 5.66. The first-order valence-corrected chi connectivity index (χ1v) is 14.0. The van der Waals surface area contributed by atoms with Crippen molar-refractivity contribution < 1.29 is 19.1 Å². The summed E-state index contributed by atoms with van der Waals surface area (Å²) in [4.78, 5) is 49.9. The summed E-state index contributed by atoms with van der Waals surface area (Å²) in [5, 5.41) is 17.2. The Morgan fingerprint density at radius 2 is 2.05 bits per heavy atom.